The molecule has 0 spiro atoms. The van der Waals surface area contributed by atoms with E-state index in [0.29, 0.717) is 22.9 Å². The second-order valence-corrected chi connectivity index (χ2v) is 17.7. The van der Waals surface area contributed by atoms with E-state index in [0.717, 1.165) is 15.3 Å². The molecule has 1 saturated heterocycles. The Kier molecular flexibility index (Phi) is 13.8. The zero-order valence-electron chi connectivity index (χ0n) is 31.8. The molecule has 1 N–H and O–H groups in total. The van der Waals surface area contributed by atoms with Crippen molar-refractivity contribution in [2.24, 2.45) is 5.41 Å². The number of nitrogens with zero attached hydrogens (tertiary/aromatic N) is 3. The number of amides is 1. The van der Waals surface area contributed by atoms with Gasteiger partial charge in [0.25, 0.3) is 20.4 Å². The molecule has 16 nitrogen and oxygen atoms in total. The normalized spacial score (nSPS) is 17.4. The number of benzene rings is 4. The molecule has 0 bridgehead atoms. The van der Waals surface area contributed by atoms with Crippen molar-refractivity contribution in [2.45, 2.75) is 64.0 Å². The van der Waals surface area contributed by atoms with Gasteiger partial charge in [-0.05, 0) is 58.1 Å². The molecule has 0 aromatic heterocycles. The Morgan fingerprint density at radius 3 is 1.72 bits per heavy atom. The predicted octanol–water partition coefficient (Wildman–Crippen LogP) is 4.68. The van der Waals surface area contributed by atoms with Crippen LogP contribution in [0.5, 0.6) is 0 Å². The molecule has 1 aliphatic rings. The van der Waals surface area contributed by atoms with Crippen molar-refractivity contribution in [3.05, 3.63) is 141 Å². The first-order valence-electron chi connectivity index (χ1n) is 17.8. The van der Waals surface area contributed by atoms with Crippen LogP contribution in [0.15, 0.2) is 109 Å². The molecule has 4 aromatic carbocycles. The molecule has 1 fully saturated rings. The molecule has 1 aliphatic heterocycles. The summed E-state index contributed by atoms with van der Waals surface area (Å²) in [5, 5.41) is 34.5. The van der Waals surface area contributed by atoms with E-state index in [2.05, 4.69) is 0 Å². The summed E-state index contributed by atoms with van der Waals surface area (Å²) in [6, 6.07) is 28.1. The van der Waals surface area contributed by atoms with Crippen LogP contribution in [0.2, 0.25) is 0 Å². The summed E-state index contributed by atoms with van der Waals surface area (Å²) < 4.78 is 20.6. The average molecular weight is 831 g/mol. The predicted molar refractivity (Wildman–Crippen MR) is 212 cm³/mol. The van der Waals surface area contributed by atoms with Crippen LogP contribution in [0.1, 0.15) is 38.8 Å². The Morgan fingerprint density at radius 1 is 0.810 bits per heavy atom. The van der Waals surface area contributed by atoms with Gasteiger partial charge in [-0.3, -0.25) is 29.8 Å². The van der Waals surface area contributed by atoms with Gasteiger partial charge in [0.15, 0.2) is 4.75 Å². The van der Waals surface area contributed by atoms with Crippen LogP contribution < -0.4 is 10.4 Å². The molecule has 0 saturated carbocycles. The van der Waals surface area contributed by atoms with Gasteiger partial charge < -0.3 is 28.6 Å². The maximum atomic E-state index is 14.5. The third-order valence-electron chi connectivity index (χ3n) is 9.15. The van der Waals surface area contributed by atoms with E-state index < -0.39 is 77.2 Å². The van der Waals surface area contributed by atoms with E-state index >= 15 is 0 Å². The van der Waals surface area contributed by atoms with Crippen LogP contribution in [0, 0.1) is 25.6 Å². The number of aliphatic hydroxyl groups is 1. The van der Waals surface area contributed by atoms with Crippen molar-refractivity contribution in [1.29, 1.82) is 0 Å². The minimum absolute atomic E-state index is 0.160. The molecule has 1 heterocycles. The first-order valence-corrected chi connectivity index (χ1v) is 20.1. The molecule has 4 aromatic rings. The third kappa shape index (κ3) is 9.94. The molecule has 303 valence electrons. The Bertz CT molecular complexity index is 2080. The van der Waals surface area contributed by atoms with Crippen molar-refractivity contribution < 1.29 is 52.8 Å². The van der Waals surface area contributed by atoms with Gasteiger partial charge in [-0.15, -0.1) is 0 Å². The number of rotatable bonds is 16. The van der Waals surface area contributed by atoms with Gasteiger partial charge in [0, 0.05) is 24.3 Å². The summed E-state index contributed by atoms with van der Waals surface area (Å²) in [6.07, 6.45) is -4.76. The summed E-state index contributed by atoms with van der Waals surface area (Å²) in [5.74, 6) is -2.11. The lowest BCUT2D eigenvalue weighted by molar-refractivity contribution is -0.385. The molecule has 18 heteroatoms. The lowest BCUT2D eigenvalue weighted by atomic mass is 9.68. The van der Waals surface area contributed by atoms with E-state index in [1.165, 1.54) is 55.5 Å². The Balaban J connectivity index is 1.38. The van der Waals surface area contributed by atoms with Crippen LogP contribution in [-0.4, -0.2) is 81.8 Å². The standard InChI is InChI=1S/C40H40N3O13SSi/c1-26(56-38(48)54-24-28-17-21-30(22-18-28)43(51)52)40(57-33(44)25-55-58(31-11-7-5-8-12-31)32-13-9-6-10-14-32)36(39(2,3)4)41(37(40)47)34(45)35(46)53-23-27-15-19-29(20-16-27)42(49)50/h5-22,26,34,36,45H,23-25H2,1-4H3/t26-,34?,36-,40-/m1/s1. The third-order valence-corrected chi connectivity index (χ3v) is 12.7. The summed E-state index contributed by atoms with van der Waals surface area (Å²) in [4.78, 5) is 76.6. The molecular weight excluding hydrogens is 791 g/mol. The molecule has 58 heavy (non-hydrogen) atoms. The van der Waals surface area contributed by atoms with Crippen molar-refractivity contribution in [3.63, 3.8) is 0 Å². The minimum Gasteiger partial charge on any atom is -0.457 e. The van der Waals surface area contributed by atoms with E-state index in [1.54, 1.807) is 20.8 Å². The minimum atomic E-state index is -2.15. The molecule has 4 atom stereocenters. The van der Waals surface area contributed by atoms with Crippen molar-refractivity contribution in [1.82, 2.24) is 4.90 Å². The van der Waals surface area contributed by atoms with Gasteiger partial charge >= 0.3 is 12.1 Å². The lowest BCUT2D eigenvalue weighted by Crippen LogP contribution is -2.82. The Hall–Kier alpha value is -5.95. The average Bonchev–Trinajstić information content (AvgIpc) is 3.20. The van der Waals surface area contributed by atoms with E-state index in [1.807, 2.05) is 60.7 Å². The van der Waals surface area contributed by atoms with Crippen LogP contribution in [-0.2, 0) is 46.2 Å². The number of carbonyl (C=O) groups is 4. The summed E-state index contributed by atoms with van der Waals surface area (Å²) in [7, 11) is -1.95. The number of hydrogen-bond donors (Lipinski definition) is 1. The Labute approximate surface area is 339 Å². The number of thioether (sulfide) groups is 1. The van der Waals surface area contributed by atoms with E-state index in [4.69, 9.17) is 18.6 Å². The number of aliphatic hydroxyl groups excluding tert-OH is 1. The fourth-order valence-corrected chi connectivity index (χ4v) is 10.0. The lowest BCUT2D eigenvalue weighted by Gasteiger charge is -2.61. The number of β-lactam (4-membered cyclic amide) rings is 1. The van der Waals surface area contributed by atoms with Crippen LogP contribution >= 0.6 is 11.8 Å². The summed E-state index contributed by atoms with van der Waals surface area (Å²) in [5.41, 5.74) is -0.510. The number of nitro benzene ring substituents is 2. The highest BCUT2D eigenvalue weighted by molar-refractivity contribution is 8.15. The highest BCUT2D eigenvalue weighted by Crippen LogP contribution is 2.53. The van der Waals surface area contributed by atoms with Crippen LogP contribution in [0.3, 0.4) is 0 Å². The van der Waals surface area contributed by atoms with Gasteiger partial charge in [0.2, 0.25) is 17.3 Å². The number of esters is 1. The number of carbonyl (C=O) groups excluding carboxylic acids is 4. The largest absolute Gasteiger partial charge is 0.508 e. The fraction of sp³-hybridized carbons (Fsp3) is 0.300. The van der Waals surface area contributed by atoms with Crippen LogP contribution in [0.4, 0.5) is 16.2 Å². The number of likely N-dealkylation sites (tertiary alicyclic amines) is 1. The zero-order chi connectivity index (χ0) is 42.2. The van der Waals surface area contributed by atoms with E-state index in [-0.39, 0.29) is 24.6 Å². The molecule has 1 unspecified atom stereocenters. The van der Waals surface area contributed by atoms with Crippen LogP contribution in [0.25, 0.3) is 0 Å². The number of hydrogen-bond acceptors (Lipinski definition) is 14. The van der Waals surface area contributed by atoms with Gasteiger partial charge in [-0.25, -0.2) is 9.59 Å². The van der Waals surface area contributed by atoms with E-state index in [9.17, 15) is 44.5 Å². The van der Waals surface area contributed by atoms with Gasteiger partial charge in [-0.1, -0.05) is 93.2 Å². The topological polar surface area (TPSA) is 215 Å². The van der Waals surface area contributed by atoms with Gasteiger partial charge in [0.1, 0.15) is 25.9 Å². The number of ether oxygens (including phenoxy) is 3. The highest BCUT2D eigenvalue weighted by atomic mass is 32.2. The second kappa shape index (κ2) is 18.5. The molecular formula is C40H40N3O13SSi. The monoisotopic (exact) mass is 830 g/mol. The second-order valence-electron chi connectivity index (χ2n) is 14.2. The van der Waals surface area contributed by atoms with Crippen molar-refractivity contribution in [3.8, 4) is 0 Å². The molecule has 5 rings (SSSR count). The van der Waals surface area contributed by atoms with Crippen molar-refractivity contribution in [2.75, 3.05) is 6.61 Å². The molecule has 1 amide bonds. The molecule has 1 radical (unpaired) electrons. The Morgan fingerprint density at radius 2 is 1.28 bits per heavy atom. The quantitative estimate of drug-likeness (QED) is 0.0534. The summed E-state index contributed by atoms with van der Waals surface area (Å²) >= 11 is 0.571. The van der Waals surface area contributed by atoms with Crippen molar-refractivity contribution >= 4 is 65.7 Å². The number of non-ortho nitro benzene ring substituents is 2. The summed E-state index contributed by atoms with van der Waals surface area (Å²) in [6.45, 7) is 5.38. The van der Waals surface area contributed by atoms with Gasteiger partial charge in [0.05, 0.1) is 15.9 Å². The smallest absolute Gasteiger partial charge is 0.457 e. The highest BCUT2D eigenvalue weighted by Gasteiger charge is 2.71. The number of nitro groups is 2. The SMILES string of the molecule is C[C@@H](OC(=O)OCc1ccc([N+](=O)[O-])cc1)[C@]1(SC(=O)CO[Si](c2ccccc2)c2ccccc2)C(=O)N(C(O)C(=O)OCc2ccc([N+](=O)[O-])cc2)[C@@H]1C(C)(C)C. The molecule has 0 aliphatic carbocycles. The first kappa shape index (κ1) is 43.2. The zero-order valence-corrected chi connectivity index (χ0v) is 33.7. The fourth-order valence-electron chi connectivity index (χ4n) is 6.51. The maximum absolute atomic E-state index is 14.5. The maximum Gasteiger partial charge on any atom is 0.508 e. The first-order chi connectivity index (χ1) is 27.5. The van der Waals surface area contributed by atoms with Gasteiger partial charge in [-0.2, -0.15) is 0 Å².